The maximum Gasteiger partial charge on any atom is 0.221 e. The number of pyridine rings is 1. The largest absolute Gasteiger partial charge is 0.343 e. The van der Waals surface area contributed by atoms with Gasteiger partial charge in [0, 0.05) is 12.6 Å². The van der Waals surface area contributed by atoms with E-state index in [2.05, 4.69) is 15.4 Å². The van der Waals surface area contributed by atoms with Crippen LogP contribution >= 0.6 is 12.2 Å². The minimum atomic E-state index is -0.728. The zero-order valence-corrected chi connectivity index (χ0v) is 11.6. The summed E-state index contributed by atoms with van der Waals surface area (Å²) in [5.41, 5.74) is 0.720. The Morgan fingerprint density at radius 1 is 1.38 bits per heavy atom. The second kappa shape index (κ2) is 4.79. The van der Waals surface area contributed by atoms with Crippen molar-refractivity contribution in [2.75, 3.05) is 6.61 Å². The molecule has 4 heterocycles. The maximum atomic E-state index is 11.9. The fourth-order valence-electron chi connectivity index (χ4n) is 2.57. The van der Waals surface area contributed by atoms with Gasteiger partial charge in [0.05, 0.1) is 24.5 Å². The van der Waals surface area contributed by atoms with Crippen LogP contribution in [-0.4, -0.2) is 49.6 Å². The first-order chi connectivity index (χ1) is 10.2. The van der Waals surface area contributed by atoms with Crippen LogP contribution in [0.1, 0.15) is 12.5 Å². The fraction of sp³-hybridized carbons (Fsp3) is 0.417. The monoisotopic (exact) mass is 305 g/mol. The van der Waals surface area contributed by atoms with Crippen LogP contribution in [0.2, 0.25) is 0 Å². The first kappa shape index (κ1) is 12.7. The molecule has 0 N–H and O–H groups in total. The number of fused-ring (bicyclic) bond motifs is 2. The standard InChI is InChI=1S/C12H11N5O3S/c18-9-4-8(10-6-19-11(9)20-10)17-12(21)16(14-15-17)7-2-1-3-13-5-7/h1-3,5,8,10-11H,4,6H2/t8-,10+,11+/m1/s1. The average molecular weight is 305 g/mol. The molecule has 4 rings (SSSR count). The number of hydrogen-bond donors (Lipinski definition) is 0. The van der Waals surface area contributed by atoms with Crippen LogP contribution in [0.5, 0.6) is 0 Å². The lowest BCUT2D eigenvalue weighted by molar-refractivity contribution is -0.156. The zero-order chi connectivity index (χ0) is 14.4. The van der Waals surface area contributed by atoms with Crippen LogP contribution in [0.15, 0.2) is 24.5 Å². The average Bonchev–Trinajstić information content (AvgIpc) is 3.10. The third-order valence-electron chi connectivity index (χ3n) is 3.62. The second-order valence-corrected chi connectivity index (χ2v) is 5.27. The van der Waals surface area contributed by atoms with Crippen LogP contribution in [0.4, 0.5) is 0 Å². The molecule has 0 unspecified atom stereocenters. The molecule has 2 aromatic heterocycles. The number of carbonyl (C=O) groups is 1. The molecular formula is C12H11N5O3S. The number of carbonyl (C=O) groups excluding carboxylic acids is 1. The Morgan fingerprint density at radius 2 is 2.29 bits per heavy atom. The van der Waals surface area contributed by atoms with Crippen LogP contribution in [0.3, 0.4) is 0 Å². The molecular weight excluding hydrogens is 294 g/mol. The van der Waals surface area contributed by atoms with Gasteiger partial charge in [0.15, 0.2) is 5.78 Å². The Labute approximate surface area is 124 Å². The molecule has 2 fully saturated rings. The molecule has 2 aromatic rings. The van der Waals surface area contributed by atoms with E-state index in [9.17, 15) is 4.79 Å². The topological polar surface area (TPSA) is 84.1 Å². The summed E-state index contributed by atoms with van der Waals surface area (Å²) in [4.78, 5) is 15.9. The molecule has 0 aliphatic carbocycles. The summed E-state index contributed by atoms with van der Waals surface area (Å²) in [7, 11) is 0. The highest BCUT2D eigenvalue weighted by Gasteiger charge is 2.45. The molecule has 2 saturated heterocycles. The number of tetrazole rings is 1. The summed E-state index contributed by atoms with van der Waals surface area (Å²) in [6.45, 7) is 0.364. The van der Waals surface area contributed by atoms with Crippen molar-refractivity contribution < 1.29 is 14.3 Å². The van der Waals surface area contributed by atoms with E-state index in [4.69, 9.17) is 21.7 Å². The van der Waals surface area contributed by atoms with E-state index in [0.717, 1.165) is 5.69 Å². The number of ether oxygens (including phenoxy) is 2. The van der Waals surface area contributed by atoms with Crippen molar-refractivity contribution in [3.8, 4) is 5.69 Å². The molecule has 0 spiro atoms. The normalized spacial score (nSPS) is 28.0. The van der Waals surface area contributed by atoms with Gasteiger partial charge >= 0.3 is 0 Å². The molecule has 3 atom stereocenters. The minimum absolute atomic E-state index is 0.0911. The Bertz CT molecular complexity index is 743. The van der Waals surface area contributed by atoms with Crippen molar-refractivity contribution >= 4 is 18.0 Å². The highest BCUT2D eigenvalue weighted by atomic mass is 32.1. The van der Waals surface area contributed by atoms with E-state index in [1.165, 1.54) is 4.68 Å². The van der Waals surface area contributed by atoms with Crippen molar-refractivity contribution in [1.29, 1.82) is 0 Å². The van der Waals surface area contributed by atoms with Crippen LogP contribution in [0.25, 0.3) is 5.69 Å². The van der Waals surface area contributed by atoms with Crippen LogP contribution in [0, 0.1) is 4.77 Å². The lowest BCUT2D eigenvalue weighted by Crippen LogP contribution is -2.37. The fourth-order valence-corrected chi connectivity index (χ4v) is 2.89. The van der Waals surface area contributed by atoms with Crippen molar-refractivity contribution in [1.82, 2.24) is 24.8 Å². The minimum Gasteiger partial charge on any atom is -0.343 e. The van der Waals surface area contributed by atoms with E-state index in [0.29, 0.717) is 11.4 Å². The zero-order valence-electron chi connectivity index (χ0n) is 10.8. The molecule has 108 valence electrons. The van der Waals surface area contributed by atoms with Gasteiger partial charge in [-0.05, 0) is 34.8 Å². The van der Waals surface area contributed by atoms with Crippen molar-refractivity contribution in [3.05, 3.63) is 29.3 Å². The first-order valence-electron chi connectivity index (χ1n) is 6.49. The van der Waals surface area contributed by atoms with Crippen LogP contribution < -0.4 is 0 Å². The molecule has 9 heteroatoms. The summed E-state index contributed by atoms with van der Waals surface area (Å²) in [6, 6.07) is 3.34. The predicted molar refractivity (Wildman–Crippen MR) is 71.3 cm³/mol. The summed E-state index contributed by atoms with van der Waals surface area (Å²) in [5, 5.41) is 8.12. The summed E-state index contributed by atoms with van der Waals surface area (Å²) in [6.07, 6.45) is 2.65. The SMILES string of the molecule is O=C1C[C@@H](n2nnn(-c3cccnc3)c2=S)[C@@H]2CO[C@H]1O2. The Balaban J connectivity index is 1.72. The molecule has 0 aromatic carbocycles. The smallest absolute Gasteiger partial charge is 0.221 e. The molecule has 2 aliphatic rings. The Kier molecular flexibility index (Phi) is 2.91. The number of aromatic nitrogens is 5. The van der Waals surface area contributed by atoms with E-state index in [-0.39, 0.29) is 24.3 Å². The maximum absolute atomic E-state index is 11.9. The summed E-state index contributed by atoms with van der Waals surface area (Å²) < 4.78 is 14.3. The molecule has 2 bridgehead atoms. The molecule has 0 radical (unpaired) electrons. The van der Waals surface area contributed by atoms with E-state index < -0.39 is 6.29 Å². The number of ketones is 1. The van der Waals surface area contributed by atoms with Gasteiger partial charge in [-0.2, -0.15) is 4.68 Å². The predicted octanol–water partition coefficient (Wildman–Crippen LogP) is 0.449. The van der Waals surface area contributed by atoms with Crippen molar-refractivity contribution in [2.45, 2.75) is 24.9 Å². The van der Waals surface area contributed by atoms with Gasteiger partial charge in [0.2, 0.25) is 11.1 Å². The van der Waals surface area contributed by atoms with Gasteiger partial charge in [-0.25, -0.2) is 4.68 Å². The van der Waals surface area contributed by atoms with Crippen LogP contribution in [-0.2, 0) is 14.3 Å². The Hall–Kier alpha value is -1.97. The molecule has 0 amide bonds. The van der Waals surface area contributed by atoms with Gasteiger partial charge in [-0.15, -0.1) is 0 Å². The molecule has 8 nitrogen and oxygen atoms in total. The van der Waals surface area contributed by atoms with E-state index in [1.807, 2.05) is 6.07 Å². The molecule has 2 aliphatic heterocycles. The van der Waals surface area contributed by atoms with Gasteiger partial charge < -0.3 is 9.47 Å². The van der Waals surface area contributed by atoms with Crippen molar-refractivity contribution in [3.63, 3.8) is 0 Å². The van der Waals surface area contributed by atoms with E-state index >= 15 is 0 Å². The number of rotatable bonds is 2. The van der Waals surface area contributed by atoms with Gasteiger partial charge in [-0.1, -0.05) is 0 Å². The van der Waals surface area contributed by atoms with E-state index in [1.54, 1.807) is 23.1 Å². The number of hydrogen-bond acceptors (Lipinski definition) is 7. The first-order valence-corrected chi connectivity index (χ1v) is 6.89. The van der Waals surface area contributed by atoms with Gasteiger partial charge in [-0.3, -0.25) is 9.78 Å². The molecule has 21 heavy (non-hydrogen) atoms. The third kappa shape index (κ3) is 2.01. The third-order valence-corrected chi connectivity index (χ3v) is 3.98. The van der Waals surface area contributed by atoms with Gasteiger partial charge in [0.25, 0.3) is 0 Å². The summed E-state index contributed by atoms with van der Waals surface area (Å²) in [5.74, 6) is -0.0911. The lowest BCUT2D eigenvalue weighted by atomic mass is 10.0. The second-order valence-electron chi connectivity index (χ2n) is 4.91. The molecule has 0 saturated carbocycles. The Morgan fingerprint density at radius 3 is 3.10 bits per heavy atom. The number of nitrogens with zero attached hydrogens (tertiary/aromatic N) is 5. The number of Topliss-reactive ketones (excluding diaryl/α,β-unsaturated/α-hetero) is 1. The quantitative estimate of drug-likeness (QED) is 0.745. The van der Waals surface area contributed by atoms with Gasteiger partial charge in [0.1, 0.15) is 6.10 Å². The highest BCUT2D eigenvalue weighted by Crippen LogP contribution is 2.32. The lowest BCUT2D eigenvalue weighted by Gasteiger charge is -2.25. The highest BCUT2D eigenvalue weighted by molar-refractivity contribution is 7.71. The van der Waals surface area contributed by atoms with Crippen molar-refractivity contribution in [2.24, 2.45) is 0 Å². The summed E-state index contributed by atoms with van der Waals surface area (Å²) >= 11 is 5.41.